The van der Waals surface area contributed by atoms with E-state index in [1.54, 1.807) is 7.11 Å². The van der Waals surface area contributed by atoms with Crippen LogP contribution in [0.5, 0.6) is 5.75 Å². The Morgan fingerprint density at radius 3 is 2.86 bits per heavy atom. The van der Waals surface area contributed by atoms with Crippen LogP contribution in [0, 0.1) is 11.6 Å². The summed E-state index contributed by atoms with van der Waals surface area (Å²) in [4.78, 5) is 12.6. The molecule has 1 aromatic heterocycles. The quantitative estimate of drug-likeness (QED) is 0.706. The summed E-state index contributed by atoms with van der Waals surface area (Å²) >= 11 is 6.24. The van der Waals surface area contributed by atoms with Gasteiger partial charge in [-0.25, -0.2) is 8.78 Å². The Hall–Kier alpha value is -2.93. The Morgan fingerprint density at radius 1 is 1.29 bits per heavy atom. The van der Waals surface area contributed by atoms with E-state index < -0.39 is 17.2 Å². The SMILES string of the molecule is COc1cccc2c1CCC2Nc1cnn(-c2ccc(F)cc2F)c(=O)c1Cl. The average molecular weight is 404 g/mol. The second kappa shape index (κ2) is 7.24. The lowest BCUT2D eigenvalue weighted by atomic mass is 10.1. The number of nitrogens with zero attached hydrogens (tertiary/aromatic N) is 2. The summed E-state index contributed by atoms with van der Waals surface area (Å²) in [6, 6.07) is 8.64. The maximum absolute atomic E-state index is 14.0. The molecule has 1 heterocycles. The summed E-state index contributed by atoms with van der Waals surface area (Å²) in [5.74, 6) is -0.814. The molecule has 0 spiro atoms. The third-order valence-electron chi connectivity index (χ3n) is 4.83. The third kappa shape index (κ3) is 3.11. The Bertz CT molecular complexity index is 1120. The van der Waals surface area contributed by atoms with E-state index in [0.29, 0.717) is 11.8 Å². The van der Waals surface area contributed by atoms with Crippen molar-refractivity contribution in [3.63, 3.8) is 0 Å². The van der Waals surface area contributed by atoms with E-state index in [1.165, 1.54) is 6.20 Å². The third-order valence-corrected chi connectivity index (χ3v) is 5.20. The molecule has 0 saturated heterocycles. The van der Waals surface area contributed by atoms with Crippen molar-refractivity contribution in [2.75, 3.05) is 12.4 Å². The second-order valence-electron chi connectivity index (χ2n) is 6.45. The van der Waals surface area contributed by atoms with Gasteiger partial charge in [-0.2, -0.15) is 9.78 Å². The zero-order chi connectivity index (χ0) is 19.8. The molecular formula is C20H16ClF2N3O2. The molecule has 1 N–H and O–H groups in total. The van der Waals surface area contributed by atoms with Crippen molar-refractivity contribution in [3.05, 3.63) is 80.7 Å². The minimum Gasteiger partial charge on any atom is -0.496 e. The molecule has 1 aliphatic rings. The number of rotatable bonds is 4. The molecule has 0 bridgehead atoms. The van der Waals surface area contributed by atoms with Crippen LogP contribution in [-0.4, -0.2) is 16.9 Å². The lowest BCUT2D eigenvalue weighted by Gasteiger charge is -2.17. The molecule has 0 radical (unpaired) electrons. The fraction of sp³-hybridized carbons (Fsp3) is 0.200. The van der Waals surface area contributed by atoms with Gasteiger partial charge in [-0.15, -0.1) is 0 Å². The van der Waals surface area contributed by atoms with Crippen LogP contribution in [0.3, 0.4) is 0 Å². The number of hydrogen-bond donors (Lipinski definition) is 1. The first-order chi connectivity index (χ1) is 13.5. The van der Waals surface area contributed by atoms with Crippen molar-refractivity contribution < 1.29 is 13.5 Å². The van der Waals surface area contributed by atoms with Crippen LogP contribution in [0.15, 0.2) is 47.4 Å². The predicted molar refractivity (Wildman–Crippen MR) is 102 cm³/mol. The maximum atomic E-state index is 14.0. The Morgan fingerprint density at radius 2 is 2.11 bits per heavy atom. The first kappa shape index (κ1) is 18.4. The molecule has 0 aliphatic heterocycles. The number of aromatic nitrogens is 2. The normalized spacial score (nSPS) is 15.4. The van der Waals surface area contributed by atoms with Crippen molar-refractivity contribution in [2.45, 2.75) is 18.9 Å². The number of hydrogen-bond acceptors (Lipinski definition) is 4. The van der Waals surface area contributed by atoms with E-state index in [9.17, 15) is 13.6 Å². The Kier molecular flexibility index (Phi) is 4.77. The van der Waals surface area contributed by atoms with Gasteiger partial charge in [-0.3, -0.25) is 4.79 Å². The van der Waals surface area contributed by atoms with E-state index in [2.05, 4.69) is 10.4 Å². The summed E-state index contributed by atoms with van der Waals surface area (Å²) in [6.45, 7) is 0. The van der Waals surface area contributed by atoms with Crippen LogP contribution in [0.4, 0.5) is 14.5 Å². The molecule has 1 atom stereocenters. The topological polar surface area (TPSA) is 56.1 Å². The van der Waals surface area contributed by atoms with Crippen molar-refractivity contribution in [1.29, 1.82) is 0 Å². The molecule has 1 aliphatic carbocycles. The number of halogens is 3. The number of fused-ring (bicyclic) bond motifs is 1. The highest BCUT2D eigenvalue weighted by Gasteiger charge is 2.26. The van der Waals surface area contributed by atoms with Gasteiger partial charge in [0, 0.05) is 6.07 Å². The van der Waals surface area contributed by atoms with Crippen molar-refractivity contribution in [1.82, 2.24) is 9.78 Å². The van der Waals surface area contributed by atoms with E-state index in [-0.39, 0.29) is 16.8 Å². The Balaban J connectivity index is 1.67. The average Bonchev–Trinajstić information content (AvgIpc) is 3.09. The fourth-order valence-corrected chi connectivity index (χ4v) is 3.69. The molecule has 28 heavy (non-hydrogen) atoms. The molecule has 144 valence electrons. The highest BCUT2D eigenvalue weighted by Crippen LogP contribution is 2.39. The van der Waals surface area contributed by atoms with Crippen LogP contribution in [0.1, 0.15) is 23.6 Å². The molecule has 0 fully saturated rings. The zero-order valence-corrected chi connectivity index (χ0v) is 15.6. The van der Waals surface area contributed by atoms with Crippen molar-refractivity contribution in [2.24, 2.45) is 0 Å². The molecular weight excluding hydrogens is 388 g/mol. The molecule has 1 unspecified atom stereocenters. The van der Waals surface area contributed by atoms with Gasteiger partial charge >= 0.3 is 0 Å². The standard InChI is InChI=1S/C20H16ClF2N3O2/c1-28-18-4-2-3-12-13(18)6-7-15(12)25-16-10-24-26(20(27)19(16)21)17-8-5-11(22)9-14(17)23/h2-5,8-10,15,25H,6-7H2,1H3. The van der Waals surface area contributed by atoms with Gasteiger partial charge in [0.1, 0.15) is 22.3 Å². The number of nitrogens with one attached hydrogen (secondary N) is 1. The van der Waals surface area contributed by atoms with E-state index in [4.69, 9.17) is 16.3 Å². The number of anilines is 1. The highest BCUT2D eigenvalue weighted by molar-refractivity contribution is 6.33. The lowest BCUT2D eigenvalue weighted by molar-refractivity contribution is 0.410. The van der Waals surface area contributed by atoms with Crippen molar-refractivity contribution >= 4 is 17.3 Å². The van der Waals surface area contributed by atoms with Crippen molar-refractivity contribution in [3.8, 4) is 11.4 Å². The van der Waals surface area contributed by atoms with Crippen LogP contribution >= 0.6 is 11.6 Å². The molecule has 3 aromatic rings. The highest BCUT2D eigenvalue weighted by atomic mass is 35.5. The van der Waals surface area contributed by atoms with Gasteiger partial charge in [0.2, 0.25) is 0 Å². The van der Waals surface area contributed by atoms with Gasteiger partial charge < -0.3 is 10.1 Å². The molecule has 4 rings (SSSR count). The first-order valence-corrected chi connectivity index (χ1v) is 9.03. The second-order valence-corrected chi connectivity index (χ2v) is 6.83. The number of ether oxygens (including phenoxy) is 1. The monoisotopic (exact) mass is 403 g/mol. The molecule has 0 amide bonds. The number of methoxy groups -OCH3 is 1. The fourth-order valence-electron chi connectivity index (χ4n) is 3.51. The van der Waals surface area contributed by atoms with E-state index in [0.717, 1.165) is 46.5 Å². The summed E-state index contributed by atoms with van der Waals surface area (Å²) in [7, 11) is 1.63. The van der Waals surface area contributed by atoms with Gasteiger partial charge in [-0.05, 0) is 42.2 Å². The van der Waals surface area contributed by atoms with Crippen LogP contribution in [0.2, 0.25) is 5.02 Å². The van der Waals surface area contributed by atoms with E-state index >= 15 is 0 Å². The maximum Gasteiger partial charge on any atom is 0.292 e. The Labute approximate surface area is 164 Å². The minimum absolute atomic E-state index is 0.0535. The zero-order valence-electron chi connectivity index (χ0n) is 14.9. The molecule has 0 saturated carbocycles. The van der Waals surface area contributed by atoms with Gasteiger partial charge in [-0.1, -0.05) is 23.7 Å². The number of benzene rings is 2. The smallest absolute Gasteiger partial charge is 0.292 e. The van der Waals surface area contributed by atoms with E-state index in [1.807, 2.05) is 18.2 Å². The molecule has 2 aromatic carbocycles. The lowest BCUT2D eigenvalue weighted by Crippen LogP contribution is -2.24. The summed E-state index contributed by atoms with van der Waals surface area (Å²) in [6.07, 6.45) is 3.01. The van der Waals surface area contributed by atoms with Crippen LogP contribution in [-0.2, 0) is 6.42 Å². The summed E-state index contributed by atoms with van der Waals surface area (Å²) in [5, 5.41) is 7.13. The summed E-state index contributed by atoms with van der Waals surface area (Å²) in [5.41, 5.74) is 1.68. The minimum atomic E-state index is -0.900. The van der Waals surface area contributed by atoms with Gasteiger partial charge in [0.25, 0.3) is 5.56 Å². The van der Waals surface area contributed by atoms with Gasteiger partial charge in [0.15, 0.2) is 5.82 Å². The van der Waals surface area contributed by atoms with Gasteiger partial charge in [0.05, 0.1) is 25.0 Å². The molecule has 5 nitrogen and oxygen atoms in total. The largest absolute Gasteiger partial charge is 0.496 e. The molecule has 8 heteroatoms. The van der Waals surface area contributed by atoms with Crippen LogP contribution in [0.25, 0.3) is 5.69 Å². The van der Waals surface area contributed by atoms with Crippen LogP contribution < -0.4 is 15.6 Å². The predicted octanol–water partition coefficient (Wildman–Crippen LogP) is 4.27. The summed E-state index contributed by atoms with van der Waals surface area (Å²) < 4.78 is 33.3. The first-order valence-electron chi connectivity index (χ1n) is 8.65.